The summed E-state index contributed by atoms with van der Waals surface area (Å²) in [5.74, 6) is -0.468. The van der Waals surface area contributed by atoms with Crippen LogP contribution in [0.15, 0.2) is 65.2 Å². The highest BCUT2D eigenvalue weighted by atomic mass is 35.5. The molecule has 5 heterocycles. The molecule has 2 bridgehead atoms. The molecule has 1 aromatic heterocycles. The summed E-state index contributed by atoms with van der Waals surface area (Å²) in [6.07, 6.45) is 10.2. The Labute approximate surface area is 354 Å². The van der Waals surface area contributed by atoms with E-state index < -0.39 is 33.1 Å². The quantitative estimate of drug-likeness (QED) is 0.286. The standard InChI is InChI=1S/C45H56ClN5O7S.H2/c1-29-5-3-7-41(52)38-11-8-33(38)22-51-27-45(14-4-6-31-19-35(46)10-12-39(31)45)28-58-42-13-9-32(21-40(42)51)43(53)47-59(55,30(29)2)48-44(54)34-20-36-26-57-37(25-50(36)23-34)24-49-15-17-56-18-16-49;/h3,7,9-10,12-13,19-21,23,29-30,33,37-38,41,52H,4-6,8,11,14-18,22,24-28H2,1-2H3,(H,47,48,53,54,55);1H/b7-3+;/t29-,30+,33-,37-,38+,41-,45-,59?;/m0./s1. The van der Waals surface area contributed by atoms with Crippen molar-refractivity contribution in [3.63, 3.8) is 0 Å². The van der Waals surface area contributed by atoms with Gasteiger partial charge in [0, 0.05) is 68.6 Å². The fourth-order valence-electron chi connectivity index (χ4n) is 10.1. The Hall–Kier alpha value is -3.72. The highest BCUT2D eigenvalue weighted by Crippen LogP contribution is 2.47. The zero-order valence-corrected chi connectivity index (χ0v) is 35.6. The van der Waals surface area contributed by atoms with Gasteiger partial charge >= 0.3 is 0 Å². The second-order valence-electron chi connectivity index (χ2n) is 17.7. The molecule has 59 heavy (non-hydrogen) atoms. The lowest BCUT2D eigenvalue weighted by atomic mass is 9.68. The number of hydrogen-bond donors (Lipinski definition) is 2. The topological polar surface area (TPSA) is 135 Å². The smallest absolute Gasteiger partial charge is 0.286 e. The van der Waals surface area contributed by atoms with Crippen molar-refractivity contribution in [1.82, 2.24) is 14.2 Å². The lowest BCUT2D eigenvalue weighted by Gasteiger charge is -2.45. The van der Waals surface area contributed by atoms with Gasteiger partial charge in [0.1, 0.15) is 15.7 Å². The number of aliphatic hydroxyl groups is 1. The Bertz CT molecular complexity index is 2250. The Morgan fingerprint density at radius 2 is 1.97 bits per heavy atom. The third-order valence-electron chi connectivity index (χ3n) is 13.9. The van der Waals surface area contributed by atoms with Crippen molar-refractivity contribution in [3.05, 3.63) is 93.8 Å². The average molecular weight is 849 g/mol. The predicted octanol–water partition coefficient (Wildman–Crippen LogP) is 6.42. The predicted molar refractivity (Wildman–Crippen MR) is 230 cm³/mol. The zero-order valence-electron chi connectivity index (χ0n) is 34.0. The van der Waals surface area contributed by atoms with Gasteiger partial charge in [-0.1, -0.05) is 36.7 Å². The summed E-state index contributed by atoms with van der Waals surface area (Å²) in [7, 11) is -3.68. The molecule has 2 fully saturated rings. The van der Waals surface area contributed by atoms with Gasteiger partial charge in [-0.05, 0) is 111 Å². The Kier molecular flexibility index (Phi) is 11.5. The van der Waals surface area contributed by atoms with Crippen molar-refractivity contribution in [3.8, 4) is 5.75 Å². The second-order valence-corrected chi connectivity index (χ2v) is 20.4. The third kappa shape index (κ3) is 8.23. The van der Waals surface area contributed by atoms with E-state index in [0.29, 0.717) is 63.8 Å². The molecule has 1 saturated carbocycles. The summed E-state index contributed by atoms with van der Waals surface area (Å²) in [4.78, 5) is 33.1. The van der Waals surface area contributed by atoms with Crippen LogP contribution < -0.4 is 14.4 Å². The van der Waals surface area contributed by atoms with E-state index in [9.17, 15) is 14.7 Å². The number of aliphatic hydroxyl groups excluding tert-OH is 1. The molecular formula is C45H58ClN5O7S. The van der Waals surface area contributed by atoms with Crippen LogP contribution in [0.4, 0.5) is 5.69 Å². The average Bonchev–Trinajstić information content (AvgIpc) is 3.58. The van der Waals surface area contributed by atoms with E-state index in [1.54, 1.807) is 25.3 Å². The molecule has 318 valence electrons. The Morgan fingerprint density at radius 1 is 1.12 bits per heavy atom. The van der Waals surface area contributed by atoms with Crippen LogP contribution in [0.25, 0.3) is 0 Å². The number of benzene rings is 2. The maximum Gasteiger partial charge on any atom is 0.286 e. The van der Waals surface area contributed by atoms with Gasteiger partial charge in [0.15, 0.2) is 0 Å². The fraction of sp³-hybridized carbons (Fsp3) is 0.556. The number of fused-ring (bicyclic) bond motifs is 5. The minimum absolute atomic E-state index is 0. The van der Waals surface area contributed by atoms with Gasteiger partial charge in [-0.15, -0.1) is 4.36 Å². The first-order chi connectivity index (χ1) is 28.5. The van der Waals surface area contributed by atoms with Crippen LogP contribution in [-0.4, -0.2) is 101 Å². The number of carbonyl (C=O) groups excluding carboxylic acids is 2. The SMILES string of the molecule is C[C@@H]1[C@@H](C)C/C=C/[C@H](O)[C@@H]2CC[C@H]2CN2C[C@@]3(CCCc4cc(Cl)ccc43)COc3ccc(cc32)C(=O)N=S1(=O)NC(=O)c1cc2n(c1)C[C@H](CN1CCOCC1)OC2.[HH]. The van der Waals surface area contributed by atoms with E-state index in [4.69, 9.17) is 25.8 Å². The summed E-state index contributed by atoms with van der Waals surface area (Å²) in [5.41, 5.74) is 4.42. The minimum Gasteiger partial charge on any atom is -0.490 e. The number of amides is 2. The van der Waals surface area contributed by atoms with Gasteiger partial charge in [-0.25, -0.2) is 4.21 Å². The first kappa shape index (κ1) is 40.7. The van der Waals surface area contributed by atoms with Crippen molar-refractivity contribution in [2.75, 3.05) is 57.4 Å². The number of ether oxygens (including phenoxy) is 3. The number of nitrogens with one attached hydrogen (secondary N) is 1. The monoisotopic (exact) mass is 847 g/mol. The van der Waals surface area contributed by atoms with Crippen LogP contribution in [0.2, 0.25) is 5.02 Å². The summed E-state index contributed by atoms with van der Waals surface area (Å²) in [5, 5.41) is 11.5. The van der Waals surface area contributed by atoms with Crippen LogP contribution in [-0.2, 0) is 44.4 Å². The van der Waals surface area contributed by atoms with Crippen molar-refractivity contribution < 1.29 is 34.5 Å². The van der Waals surface area contributed by atoms with Gasteiger partial charge in [0.05, 0.1) is 55.1 Å². The van der Waals surface area contributed by atoms with E-state index >= 15 is 4.21 Å². The Morgan fingerprint density at radius 3 is 2.78 bits per heavy atom. The largest absolute Gasteiger partial charge is 0.490 e. The molecule has 9 rings (SSSR count). The number of rotatable bonds is 4. The molecule has 2 aliphatic carbocycles. The van der Waals surface area contributed by atoms with Crippen molar-refractivity contribution in [1.29, 1.82) is 0 Å². The molecule has 8 atom stereocenters. The normalized spacial score (nSPS) is 32.9. The summed E-state index contributed by atoms with van der Waals surface area (Å²) in [6.45, 7) is 10.4. The van der Waals surface area contributed by atoms with Crippen LogP contribution in [0.3, 0.4) is 0 Å². The fourth-order valence-corrected chi connectivity index (χ4v) is 12.1. The number of allylic oxidation sites excluding steroid dienone is 1. The molecular weight excluding hydrogens is 790 g/mol. The van der Waals surface area contributed by atoms with Crippen molar-refractivity contribution >= 4 is 39.0 Å². The maximum absolute atomic E-state index is 15.1. The number of nitrogens with zero attached hydrogens (tertiary/aromatic N) is 4. The molecule has 6 aliphatic rings. The lowest BCUT2D eigenvalue weighted by Crippen LogP contribution is -2.49. The molecule has 0 radical (unpaired) electrons. The molecule has 12 nitrogen and oxygen atoms in total. The number of carbonyl (C=O) groups is 2. The molecule has 1 unspecified atom stereocenters. The molecule has 2 aromatic carbocycles. The first-order valence-corrected chi connectivity index (χ1v) is 23.3. The number of anilines is 1. The van der Waals surface area contributed by atoms with E-state index in [-0.39, 0.29) is 36.3 Å². The molecule has 14 heteroatoms. The van der Waals surface area contributed by atoms with Gasteiger partial charge < -0.3 is 28.8 Å². The zero-order chi connectivity index (χ0) is 40.9. The van der Waals surface area contributed by atoms with Crippen LogP contribution >= 0.6 is 11.6 Å². The summed E-state index contributed by atoms with van der Waals surface area (Å²) >= 11 is 6.48. The number of aromatic nitrogens is 1. The lowest BCUT2D eigenvalue weighted by molar-refractivity contribution is -0.0376. The van der Waals surface area contributed by atoms with Crippen molar-refractivity contribution in [2.24, 2.45) is 22.1 Å². The highest BCUT2D eigenvalue weighted by Gasteiger charge is 2.44. The third-order valence-corrected chi connectivity index (χ3v) is 16.6. The Balaban J connectivity index is 0.00000499. The van der Waals surface area contributed by atoms with Gasteiger partial charge in [0.2, 0.25) is 0 Å². The molecule has 1 spiro atoms. The summed E-state index contributed by atoms with van der Waals surface area (Å²) in [6, 6.07) is 13.3. The van der Waals surface area contributed by atoms with Crippen LogP contribution in [0, 0.1) is 17.8 Å². The number of hydrogen-bond acceptors (Lipinski definition) is 9. The van der Waals surface area contributed by atoms with E-state index in [0.717, 1.165) is 68.1 Å². The molecule has 4 aliphatic heterocycles. The minimum atomic E-state index is -3.68. The van der Waals surface area contributed by atoms with Crippen LogP contribution in [0.1, 0.15) is 84.9 Å². The van der Waals surface area contributed by atoms with Gasteiger partial charge in [-0.2, -0.15) is 0 Å². The second kappa shape index (κ2) is 16.6. The molecule has 1 saturated heterocycles. The number of halogens is 1. The maximum atomic E-state index is 15.1. The highest BCUT2D eigenvalue weighted by molar-refractivity contribution is 7.93. The molecule has 2 N–H and O–H groups in total. The summed E-state index contributed by atoms with van der Waals surface area (Å²) < 4.78 is 42.7. The first-order valence-electron chi connectivity index (χ1n) is 21.4. The van der Waals surface area contributed by atoms with E-state index in [1.165, 1.54) is 11.1 Å². The van der Waals surface area contributed by atoms with Gasteiger partial charge in [0.25, 0.3) is 11.8 Å². The number of morpholine rings is 1. The van der Waals surface area contributed by atoms with Crippen molar-refractivity contribution in [2.45, 2.75) is 88.4 Å². The van der Waals surface area contributed by atoms with Crippen LogP contribution in [0.5, 0.6) is 5.75 Å². The molecule has 2 amide bonds. The van der Waals surface area contributed by atoms with E-state index in [1.807, 2.05) is 41.8 Å². The van der Waals surface area contributed by atoms with E-state index in [2.05, 4.69) is 31.0 Å². The number of aryl methyl sites for hydroxylation is 1. The molecule has 3 aromatic rings. The van der Waals surface area contributed by atoms with Gasteiger partial charge in [-0.3, -0.25) is 19.2 Å².